The molecule has 0 unspecified atom stereocenters. The van der Waals surface area contributed by atoms with Crippen LogP contribution in [0.1, 0.15) is 96.8 Å². The molecular formula is C27H41N5O4. The molecule has 0 aliphatic carbocycles. The minimum Gasteiger partial charge on any atom is -0.454 e. The number of aromatic nitrogens is 2. The van der Waals surface area contributed by atoms with Crippen LogP contribution in [0.15, 0.2) is 24.5 Å². The van der Waals surface area contributed by atoms with Gasteiger partial charge in [0.15, 0.2) is 11.5 Å². The summed E-state index contributed by atoms with van der Waals surface area (Å²) in [6.07, 6.45) is 19.5. The summed E-state index contributed by atoms with van der Waals surface area (Å²) in [7, 11) is 0. The van der Waals surface area contributed by atoms with Gasteiger partial charge in [0, 0.05) is 18.3 Å². The fraction of sp³-hybridized carbons (Fsp3) is 0.630. The van der Waals surface area contributed by atoms with Crippen LogP contribution in [0.2, 0.25) is 0 Å². The third-order valence-electron chi connectivity index (χ3n) is 6.46. The van der Waals surface area contributed by atoms with E-state index in [-0.39, 0.29) is 24.1 Å². The Kier molecular flexibility index (Phi) is 12.1. The lowest BCUT2D eigenvalue weighted by Gasteiger charge is -2.10. The van der Waals surface area contributed by atoms with Crippen LogP contribution in [-0.4, -0.2) is 28.2 Å². The smallest absolute Gasteiger partial charge is 0.353 e. The summed E-state index contributed by atoms with van der Waals surface area (Å²) in [6.45, 7) is 3.07. The van der Waals surface area contributed by atoms with E-state index in [9.17, 15) is 10.1 Å². The van der Waals surface area contributed by atoms with Crippen molar-refractivity contribution in [1.82, 2.24) is 9.97 Å². The standard InChI is InChI=1S/C27H41N5O4/c1-2-3-4-5-6-7-8-9-10-11-12-13-14-15-18-28-26-25(32(33)34)27(30-20-29-26)31-22-16-17-23-24(19-22)36-21-35-23/h16-17,19-20H,2-15,18,21H2,1H3,(H2,28,29,30,31). The molecule has 1 aromatic heterocycles. The molecule has 0 fully saturated rings. The third-order valence-corrected chi connectivity index (χ3v) is 6.46. The number of nitro groups is 1. The normalized spacial score (nSPS) is 12.0. The van der Waals surface area contributed by atoms with Gasteiger partial charge in [-0.05, 0) is 18.6 Å². The molecule has 1 aliphatic heterocycles. The molecule has 198 valence electrons. The number of fused-ring (bicyclic) bond motifs is 1. The minimum atomic E-state index is -0.456. The Hall–Kier alpha value is -3.10. The molecule has 0 amide bonds. The Morgan fingerprint density at radius 2 is 1.42 bits per heavy atom. The molecule has 9 nitrogen and oxygen atoms in total. The second kappa shape index (κ2) is 15.8. The van der Waals surface area contributed by atoms with Gasteiger partial charge in [-0.3, -0.25) is 10.1 Å². The maximum atomic E-state index is 11.8. The Balaban J connectivity index is 1.32. The zero-order valence-corrected chi connectivity index (χ0v) is 21.6. The van der Waals surface area contributed by atoms with E-state index in [1.54, 1.807) is 18.2 Å². The number of hydrogen-bond donors (Lipinski definition) is 2. The second-order valence-electron chi connectivity index (χ2n) is 9.39. The van der Waals surface area contributed by atoms with Crippen molar-refractivity contribution in [2.75, 3.05) is 24.0 Å². The van der Waals surface area contributed by atoms with E-state index in [1.807, 2.05) is 0 Å². The van der Waals surface area contributed by atoms with Crippen LogP contribution in [0.4, 0.5) is 23.0 Å². The number of nitrogens with one attached hydrogen (secondary N) is 2. The molecule has 36 heavy (non-hydrogen) atoms. The maximum Gasteiger partial charge on any atom is 0.353 e. The molecule has 0 atom stereocenters. The lowest BCUT2D eigenvalue weighted by molar-refractivity contribution is -0.383. The van der Waals surface area contributed by atoms with Crippen molar-refractivity contribution in [3.05, 3.63) is 34.6 Å². The fourth-order valence-corrected chi connectivity index (χ4v) is 4.41. The highest BCUT2D eigenvalue weighted by atomic mass is 16.7. The van der Waals surface area contributed by atoms with Crippen LogP contribution in [0.5, 0.6) is 11.5 Å². The zero-order chi connectivity index (χ0) is 25.4. The van der Waals surface area contributed by atoms with Gasteiger partial charge in [0.2, 0.25) is 18.4 Å². The predicted octanol–water partition coefficient (Wildman–Crippen LogP) is 7.75. The van der Waals surface area contributed by atoms with Crippen molar-refractivity contribution in [3.63, 3.8) is 0 Å². The highest BCUT2D eigenvalue weighted by molar-refractivity contribution is 5.74. The fourth-order valence-electron chi connectivity index (χ4n) is 4.41. The highest BCUT2D eigenvalue weighted by Crippen LogP contribution is 2.37. The molecule has 0 saturated heterocycles. The lowest BCUT2D eigenvalue weighted by Crippen LogP contribution is -2.09. The number of rotatable bonds is 19. The van der Waals surface area contributed by atoms with E-state index in [4.69, 9.17) is 9.47 Å². The van der Waals surface area contributed by atoms with Crippen molar-refractivity contribution in [3.8, 4) is 11.5 Å². The summed E-state index contributed by atoms with van der Waals surface area (Å²) in [5.74, 6) is 1.60. The average Bonchev–Trinajstić information content (AvgIpc) is 3.34. The first-order valence-electron chi connectivity index (χ1n) is 13.6. The Labute approximate surface area is 214 Å². The predicted molar refractivity (Wildman–Crippen MR) is 143 cm³/mol. The SMILES string of the molecule is CCCCCCCCCCCCCCCCNc1ncnc(Nc2ccc3c(c2)OCO3)c1[N+](=O)[O-]. The largest absolute Gasteiger partial charge is 0.454 e. The van der Waals surface area contributed by atoms with Crippen molar-refractivity contribution in [2.45, 2.75) is 96.8 Å². The van der Waals surface area contributed by atoms with Gasteiger partial charge in [0.05, 0.1) is 4.92 Å². The van der Waals surface area contributed by atoms with E-state index in [1.165, 1.54) is 83.4 Å². The van der Waals surface area contributed by atoms with Gasteiger partial charge < -0.3 is 20.1 Å². The molecular weight excluding hydrogens is 458 g/mol. The number of nitrogens with zero attached hydrogens (tertiary/aromatic N) is 3. The Morgan fingerprint density at radius 1 is 0.833 bits per heavy atom. The molecule has 1 aliphatic rings. The summed E-state index contributed by atoms with van der Waals surface area (Å²) in [5.41, 5.74) is 0.458. The lowest BCUT2D eigenvalue weighted by atomic mass is 10.0. The number of benzene rings is 1. The Morgan fingerprint density at radius 3 is 2.06 bits per heavy atom. The summed E-state index contributed by atoms with van der Waals surface area (Å²) in [6, 6.07) is 5.25. The van der Waals surface area contributed by atoms with E-state index in [0.29, 0.717) is 23.7 Å². The van der Waals surface area contributed by atoms with E-state index in [0.717, 1.165) is 12.8 Å². The van der Waals surface area contributed by atoms with Gasteiger partial charge in [0.1, 0.15) is 6.33 Å². The summed E-state index contributed by atoms with van der Waals surface area (Å²) >= 11 is 0. The molecule has 0 spiro atoms. The van der Waals surface area contributed by atoms with Crippen molar-refractivity contribution in [2.24, 2.45) is 0 Å². The zero-order valence-electron chi connectivity index (χ0n) is 21.6. The molecule has 0 saturated carbocycles. The molecule has 2 aromatic rings. The first kappa shape index (κ1) is 27.5. The van der Waals surface area contributed by atoms with Crippen LogP contribution < -0.4 is 20.1 Å². The van der Waals surface area contributed by atoms with E-state index >= 15 is 0 Å². The number of hydrogen-bond acceptors (Lipinski definition) is 8. The van der Waals surface area contributed by atoms with Gasteiger partial charge in [-0.15, -0.1) is 0 Å². The van der Waals surface area contributed by atoms with Crippen molar-refractivity contribution < 1.29 is 14.4 Å². The quantitative estimate of drug-likeness (QED) is 0.115. The van der Waals surface area contributed by atoms with Crippen LogP contribution in [0.25, 0.3) is 0 Å². The third kappa shape index (κ3) is 9.17. The van der Waals surface area contributed by atoms with Gasteiger partial charge >= 0.3 is 5.69 Å². The van der Waals surface area contributed by atoms with Gasteiger partial charge in [-0.25, -0.2) is 9.97 Å². The first-order chi connectivity index (χ1) is 17.7. The van der Waals surface area contributed by atoms with Crippen LogP contribution in [0, 0.1) is 10.1 Å². The van der Waals surface area contributed by atoms with E-state index in [2.05, 4.69) is 27.5 Å². The molecule has 0 bridgehead atoms. The molecule has 1 aromatic carbocycles. The Bertz CT molecular complexity index is 940. The average molecular weight is 500 g/mol. The van der Waals surface area contributed by atoms with Crippen LogP contribution in [0.3, 0.4) is 0 Å². The molecule has 0 radical (unpaired) electrons. The number of anilines is 3. The van der Waals surface area contributed by atoms with Gasteiger partial charge in [-0.2, -0.15) is 0 Å². The summed E-state index contributed by atoms with van der Waals surface area (Å²) in [4.78, 5) is 19.5. The molecule has 2 N–H and O–H groups in total. The van der Waals surface area contributed by atoms with E-state index < -0.39 is 4.92 Å². The highest BCUT2D eigenvalue weighted by Gasteiger charge is 2.23. The van der Waals surface area contributed by atoms with Gasteiger partial charge in [-0.1, -0.05) is 90.4 Å². The second-order valence-corrected chi connectivity index (χ2v) is 9.39. The molecule has 3 rings (SSSR count). The first-order valence-corrected chi connectivity index (χ1v) is 13.6. The van der Waals surface area contributed by atoms with Crippen LogP contribution >= 0.6 is 0 Å². The number of ether oxygens (including phenoxy) is 2. The topological polar surface area (TPSA) is 111 Å². The summed E-state index contributed by atoms with van der Waals surface area (Å²) < 4.78 is 10.7. The molecule has 2 heterocycles. The van der Waals surface area contributed by atoms with Crippen molar-refractivity contribution >= 4 is 23.0 Å². The monoisotopic (exact) mass is 499 g/mol. The van der Waals surface area contributed by atoms with Gasteiger partial charge in [0.25, 0.3) is 0 Å². The summed E-state index contributed by atoms with van der Waals surface area (Å²) in [5, 5.41) is 17.9. The van der Waals surface area contributed by atoms with Crippen LogP contribution in [-0.2, 0) is 0 Å². The molecule has 9 heteroatoms. The maximum absolute atomic E-state index is 11.8. The minimum absolute atomic E-state index is 0.136. The number of unbranched alkanes of at least 4 members (excludes halogenated alkanes) is 13. The van der Waals surface area contributed by atoms with Crippen molar-refractivity contribution in [1.29, 1.82) is 0 Å².